The number of carbonyl (C=O) groups excluding carboxylic acids is 1. The van der Waals surface area contributed by atoms with Crippen LogP contribution in [0.15, 0.2) is 0 Å². The smallest absolute Gasteiger partial charge is 0.187 e. The van der Waals surface area contributed by atoms with Gasteiger partial charge in [0.15, 0.2) is 18.9 Å². The number of rotatable bonds is 8. The Bertz CT molecular complexity index is 577. The molecule has 0 amide bonds. The quantitative estimate of drug-likeness (QED) is 0.161. The van der Waals surface area contributed by atoms with E-state index in [1.54, 1.807) is 0 Å². The largest absolute Gasteiger partial charge is 0.391 e. The second kappa shape index (κ2) is 10.9. The summed E-state index contributed by atoms with van der Waals surface area (Å²) in [4.78, 5) is 11.3. The first-order chi connectivity index (χ1) is 14.4. The summed E-state index contributed by atoms with van der Waals surface area (Å²) >= 11 is 0. The third-order valence-electron chi connectivity index (χ3n) is 5.49. The van der Waals surface area contributed by atoms with E-state index >= 15 is 0 Å². The highest BCUT2D eigenvalue weighted by molar-refractivity contribution is 5.57. The average Bonchev–Trinajstić information content (AvgIpc) is 2.73. The molecule has 4 unspecified atom stereocenters. The molecule has 0 aliphatic carbocycles. The third kappa shape index (κ3) is 5.76. The molecule has 2 rings (SSSR count). The van der Waals surface area contributed by atoms with Crippen molar-refractivity contribution in [3.63, 3.8) is 0 Å². The Morgan fingerprint density at radius 3 is 1.87 bits per heavy atom. The van der Waals surface area contributed by atoms with Crippen molar-refractivity contribution < 1.29 is 64.6 Å². The molecule has 0 bridgehead atoms. The standard InChI is InChI=1S/C18H32O13/c1-5(20)9(21)12(24)8(4-19)30-18-15(27)16(11(23)7(3)29-18)31-17-14(26)13(25)10(22)6(2)28-17/h4-18,20-27H,1-3H3/t5?,6-,7-,8?,9?,10-,11-,12?,13+,14+,15+,16+,17-,18-/m1/s1. The molecule has 0 aromatic carbocycles. The second-order valence-electron chi connectivity index (χ2n) is 7.93. The maximum absolute atomic E-state index is 11.3. The molecule has 2 heterocycles. The van der Waals surface area contributed by atoms with Gasteiger partial charge in [-0.05, 0) is 20.8 Å². The number of ether oxygens (including phenoxy) is 4. The van der Waals surface area contributed by atoms with Crippen LogP contribution < -0.4 is 0 Å². The lowest BCUT2D eigenvalue weighted by atomic mass is 9.97. The van der Waals surface area contributed by atoms with Gasteiger partial charge < -0.3 is 64.6 Å². The lowest BCUT2D eigenvalue weighted by Crippen LogP contribution is -2.64. The fourth-order valence-electron chi connectivity index (χ4n) is 3.38. The van der Waals surface area contributed by atoms with Crippen molar-refractivity contribution in [3.05, 3.63) is 0 Å². The van der Waals surface area contributed by atoms with Crippen LogP contribution in [0.25, 0.3) is 0 Å². The summed E-state index contributed by atoms with van der Waals surface area (Å²) in [5, 5.41) is 80.0. The van der Waals surface area contributed by atoms with E-state index in [0.717, 1.165) is 0 Å². The number of hydrogen-bond donors (Lipinski definition) is 8. The van der Waals surface area contributed by atoms with Gasteiger partial charge in [-0.2, -0.15) is 0 Å². The first-order valence-electron chi connectivity index (χ1n) is 9.92. The van der Waals surface area contributed by atoms with Crippen molar-refractivity contribution in [2.45, 2.75) is 107 Å². The minimum atomic E-state index is -1.85. The maximum atomic E-state index is 11.3. The highest BCUT2D eigenvalue weighted by Gasteiger charge is 2.50. The van der Waals surface area contributed by atoms with Crippen LogP contribution in [0.4, 0.5) is 0 Å². The summed E-state index contributed by atoms with van der Waals surface area (Å²) in [6, 6.07) is 0. The number of carbonyl (C=O) groups is 1. The van der Waals surface area contributed by atoms with Crippen LogP contribution in [-0.2, 0) is 23.7 Å². The highest BCUT2D eigenvalue weighted by atomic mass is 16.7. The van der Waals surface area contributed by atoms with Gasteiger partial charge in [-0.3, -0.25) is 0 Å². The Kier molecular flexibility index (Phi) is 9.27. The van der Waals surface area contributed by atoms with Gasteiger partial charge in [-0.25, -0.2) is 0 Å². The van der Waals surface area contributed by atoms with E-state index in [2.05, 4.69) is 0 Å². The van der Waals surface area contributed by atoms with Gasteiger partial charge in [0.05, 0.1) is 18.3 Å². The minimum absolute atomic E-state index is 0.144. The van der Waals surface area contributed by atoms with Crippen LogP contribution in [0, 0.1) is 0 Å². The monoisotopic (exact) mass is 456 g/mol. The summed E-state index contributed by atoms with van der Waals surface area (Å²) < 4.78 is 21.4. The molecule has 182 valence electrons. The van der Waals surface area contributed by atoms with Crippen LogP contribution in [0.1, 0.15) is 20.8 Å². The third-order valence-corrected chi connectivity index (χ3v) is 5.49. The van der Waals surface area contributed by atoms with E-state index in [-0.39, 0.29) is 6.29 Å². The number of aldehydes is 1. The lowest BCUT2D eigenvalue weighted by molar-refractivity contribution is -0.358. The molecule has 0 spiro atoms. The normalized spacial score (nSPS) is 45.5. The lowest BCUT2D eigenvalue weighted by Gasteiger charge is -2.46. The predicted octanol–water partition coefficient (Wildman–Crippen LogP) is -4.65. The van der Waals surface area contributed by atoms with E-state index in [9.17, 15) is 45.6 Å². The van der Waals surface area contributed by atoms with E-state index in [4.69, 9.17) is 18.9 Å². The van der Waals surface area contributed by atoms with Crippen molar-refractivity contribution in [2.75, 3.05) is 0 Å². The topological polar surface area (TPSA) is 216 Å². The molecule has 14 atom stereocenters. The first kappa shape index (κ1) is 26.4. The number of aliphatic hydroxyl groups is 8. The van der Waals surface area contributed by atoms with Gasteiger partial charge in [-0.15, -0.1) is 0 Å². The Labute approximate surface area is 178 Å². The molecule has 0 aromatic rings. The Balaban J connectivity index is 2.14. The molecule has 2 aliphatic heterocycles. The molecular formula is C18H32O13. The SMILES string of the molecule is CC(O)C(O)C(O)C(C=O)O[C@H]1O[C@H](C)[C@@H](O)[C@H](O[C@H]2O[C@H](C)[C@@H](O)[C@H](O)[C@@H]2O)[C@@H]1O. The molecule has 13 heteroatoms. The maximum Gasteiger partial charge on any atom is 0.187 e. The van der Waals surface area contributed by atoms with E-state index < -0.39 is 85.8 Å². The van der Waals surface area contributed by atoms with Gasteiger partial charge >= 0.3 is 0 Å². The zero-order valence-corrected chi connectivity index (χ0v) is 17.3. The van der Waals surface area contributed by atoms with Crippen LogP contribution in [0.5, 0.6) is 0 Å². The van der Waals surface area contributed by atoms with Gasteiger partial charge in [0.25, 0.3) is 0 Å². The zero-order chi connectivity index (χ0) is 23.6. The van der Waals surface area contributed by atoms with Gasteiger partial charge in [0.2, 0.25) is 0 Å². The number of aliphatic hydroxyl groups excluding tert-OH is 8. The van der Waals surface area contributed by atoms with Gasteiger partial charge in [-0.1, -0.05) is 0 Å². The van der Waals surface area contributed by atoms with Crippen LogP contribution in [-0.4, -0.2) is 133 Å². The molecule has 0 radical (unpaired) electrons. The van der Waals surface area contributed by atoms with E-state index in [0.29, 0.717) is 0 Å². The first-order valence-corrected chi connectivity index (χ1v) is 9.92. The van der Waals surface area contributed by atoms with E-state index in [1.165, 1.54) is 20.8 Å². The molecule has 0 aromatic heterocycles. The summed E-state index contributed by atoms with van der Waals surface area (Å²) in [5.41, 5.74) is 0. The fraction of sp³-hybridized carbons (Fsp3) is 0.944. The average molecular weight is 456 g/mol. The molecular weight excluding hydrogens is 424 g/mol. The van der Waals surface area contributed by atoms with Crippen LogP contribution >= 0.6 is 0 Å². The van der Waals surface area contributed by atoms with Crippen molar-refractivity contribution in [3.8, 4) is 0 Å². The fourth-order valence-corrected chi connectivity index (χ4v) is 3.38. The zero-order valence-electron chi connectivity index (χ0n) is 17.3. The predicted molar refractivity (Wildman–Crippen MR) is 98.2 cm³/mol. The summed E-state index contributed by atoms with van der Waals surface area (Å²) in [6.45, 7) is 4.01. The van der Waals surface area contributed by atoms with Crippen LogP contribution in [0.2, 0.25) is 0 Å². The molecule has 13 nitrogen and oxygen atoms in total. The highest BCUT2D eigenvalue weighted by Crippen LogP contribution is 2.30. The second-order valence-corrected chi connectivity index (χ2v) is 7.93. The van der Waals surface area contributed by atoms with Crippen molar-refractivity contribution in [1.29, 1.82) is 0 Å². The van der Waals surface area contributed by atoms with Crippen molar-refractivity contribution in [1.82, 2.24) is 0 Å². The van der Waals surface area contributed by atoms with Crippen molar-refractivity contribution in [2.24, 2.45) is 0 Å². The molecule has 0 saturated carbocycles. The minimum Gasteiger partial charge on any atom is -0.391 e. The Morgan fingerprint density at radius 2 is 1.32 bits per heavy atom. The van der Waals surface area contributed by atoms with Gasteiger partial charge in [0, 0.05) is 0 Å². The van der Waals surface area contributed by atoms with E-state index in [1.807, 2.05) is 0 Å². The molecule has 2 saturated heterocycles. The molecule has 8 N–H and O–H groups in total. The molecule has 2 fully saturated rings. The van der Waals surface area contributed by atoms with Crippen LogP contribution in [0.3, 0.4) is 0 Å². The van der Waals surface area contributed by atoms with Gasteiger partial charge in [0.1, 0.15) is 54.9 Å². The molecule has 31 heavy (non-hydrogen) atoms. The summed E-state index contributed by atoms with van der Waals surface area (Å²) in [7, 11) is 0. The number of hydrogen-bond acceptors (Lipinski definition) is 13. The summed E-state index contributed by atoms with van der Waals surface area (Å²) in [5.74, 6) is 0. The summed E-state index contributed by atoms with van der Waals surface area (Å²) in [6.07, 6.45) is -21.0. The Hall–Kier alpha value is -0.810. The van der Waals surface area contributed by atoms with Crippen molar-refractivity contribution >= 4 is 6.29 Å². The molecule has 2 aliphatic rings. The Morgan fingerprint density at radius 1 is 0.774 bits per heavy atom.